The Morgan fingerprint density at radius 2 is 1.73 bits per heavy atom. The normalized spacial score (nSPS) is 42.9. The lowest BCUT2D eigenvalue weighted by atomic mass is 9.91. The van der Waals surface area contributed by atoms with Gasteiger partial charge in [-0.3, -0.25) is 0 Å². The highest BCUT2D eigenvalue weighted by atomic mass is 19.2. The van der Waals surface area contributed by atoms with Crippen LogP contribution in [0.1, 0.15) is 13.3 Å². The molecule has 4 atom stereocenters. The minimum Gasteiger partial charge on any atom is -0.243 e. The number of halogens is 3. The Bertz CT molecular complexity index is 191. The fourth-order valence-corrected chi connectivity index (χ4v) is 1.06. The van der Waals surface area contributed by atoms with Gasteiger partial charge in [0.25, 0.3) is 0 Å². The predicted octanol–water partition coefficient (Wildman–Crippen LogP) is 2.04. The molecule has 0 spiro atoms. The van der Waals surface area contributed by atoms with Crippen LogP contribution in [0.2, 0.25) is 0 Å². The molecule has 0 bridgehead atoms. The molecule has 0 amide bonds. The summed E-state index contributed by atoms with van der Waals surface area (Å²) in [5.41, 5.74) is 0. The molecule has 0 saturated carbocycles. The van der Waals surface area contributed by atoms with E-state index in [1.165, 1.54) is 0 Å². The molecular weight excluding hydrogens is 153 g/mol. The second-order valence-electron chi connectivity index (χ2n) is 2.59. The molecule has 0 aromatic carbocycles. The zero-order valence-corrected chi connectivity index (χ0v) is 6.15. The summed E-state index contributed by atoms with van der Waals surface area (Å²) in [6, 6.07) is 0. The summed E-state index contributed by atoms with van der Waals surface area (Å²) in [6.07, 6.45) is -5.31. The molecule has 0 aromatic heterocycles. The highest BCUT2D eigenvalue weighted by Gasteiger charge is 2.36. The third-order valence-corrected chi connectivity index (χ3v) is 1.81. The van der Waals surface area contributed by atoms with E-state index in [2.05, 4.69) is 5.92 Å². The average Bonchev–Trinajstić information content (AvgIpc) is 2.01. The lowest BCUT2D eigenvalue weighted by Crippen LogP contribution is -2.35. The molecule has 1 aliphatic carbocycles. The van der Waals surface area contributed by atoms with Crippen LogP contribution in [0.15, 0.2) is 0 Å². The monoisotopic (exact) mass is 162 g/mol. The van der Waals surface area contributed by atoms with Gasteiger partial charge in [0, 0.05) is 0 Å². The van der Waals surface area contributed by atoms with Gasteiger partial charge in [0.15, 0.2) is 12.3 Å². The SMILES string of the molecule is CC[C@H]1C#CC(F)C(F)C1F. The molecule has 0 radical (unpaired) electrons. The minimum absolute atomic E-state index is 0.432. The third kappa shape index (κ3) is 1.50. The molecule has 0 aromatic rings. The maximum atomic E-state index is 12.8. The second-order valence-corrected chi connectivity index (χ2v) is 2.59. The van der Waals surface area contributed by atoms with Crippen molar-refractivity contribution in [2.24, 2.45) is 5.92 Å². The maximum absolute atomic E-state index is 12.8. The van der Waals surface area contributed by atoms with E-state index in [4.69, 9.17) is 0 Å². The first-order valence-electron chi connectivity index (χ1n) is 3.60. The molecule has 0 saturated heterocycles. The molecule has 0 fully saturated rings. The Hall–Kier alpha value is -0.650. The molecule has 3 heteroatoms. The second kappa shape index (κ2) is 3.17. The van der Waals surface area contributed by atoms with Crippen LogP contribution in [-0.2, 0) is 0 Å². The Labute approximate surface area is 63.8 Å². The van der Waals surface area contributed by atoms with Crippen molar-refractivity contribution < 1.29 is 13.2 Å². The maximum Gasteiger partial charge on any atom is 0.194 e. The quantitative estimate of drug-likeness (QED) is 0.517. The van der Waals surface area contributed by atoms with Crippen LogP contribution in [-0.4, -0.2) is 18.5 Å². The molecule has 0 N–H and O–H groups in total. The van der Waals surface area contributed by atoms with Crippen molar-refractivity contribution in [1.29, 1.82) is 0 Å². The van der Waals surface area contributed by atoms with Gasteiger partial charge >= 0.3 is 0 Å². The van der Waals surface area contributed by atoms with Gasteiger partial charge in [-0.05, 0) is 6.42 Å². The van der Waals surface area contributed by atoms with Crippen LogP contribution in [0.3, 0.4) is 0 Å². The molecule has 0 nitrogen and oxygen atoms in total. The van der Waals surface area contributed by atoms with E-state index in [9.17, 15) is 13.2 Å². The van der Waals surface area contributed by atoms with Crippen LogP contribution in [0.5, 0.6) is 0 Å². The van der Waals surface area contributed by atoms with Crippen LogP contribution >= 0.6 is 0 Å². The Morgan fingerprint density at radius 3 is 2.27 bits per heavy atom. The van der Waals surface area contributed by atoms with E-state index in [1.807, 2.05) is 5.92 Å². The molecule has 0 heterocycles. The largest absolute Gasteiger partial charge is 0.243 e. The Balaban J connectivity index is 2.74. The summed E-state index contributed by atoms with van der Waals surface area (Å²) in [5, 5.41) is 0. The van der Waals surface area contributed by atoms with Crippen molar-refractivity contribution >= 4 is 0 Å². The first-order valence-corrected chi connectivity index (χ1v) is 3.60. The van der Waals surface area contributed by atoms with Gasteiger partial charge in [-0.15, -0.1) is 0 Å². The minimum atomic E-state index is -2.05. The van der Waals surface area contributed by atoms with Crippen LogP contribution in [0.4, 0.5) is 13.2 Å². The van der Waals surface area contributed by atoms with Gasteiger partial charge in [0.2, 0.25) is 0 Å². The average molecular weight is 162 g/mol. The molecule has 1 aliphatic rings. The molecule has 1 rings (SSSR count). The summed E-state index contributed by atoms with van der Waals surface area (Å²) in [7, 11) is 0. The van der Waals surface area contributed by atoms with Crippen molar-refractivity contribution in [3.05, 3.63) is 0 Å². The van der Waals surface area contributed by atoms with Gasteiger partial charge in [0.1, 0.15) is 6.17 Å². The smallest absolute Gasteiger partial charge is 0.194 e. The number of hydrogen-bond acceptors (Lipinski definition) is 0. The molecular formula is C8H9F3. The van der Waals surface area contributed by atoms with Gasteiger partial charge in [-0.25, -0.2) is 13.2 Å². The van der Waals surface area contributed by atoms with Gasteiger partial charge < -0.3 is 0 Å². The van der Waals surface area contributed by atoms with E-state index in [-0.39, 0.29) is 0 Å². The van der Waals surface area contributed by atoms with Crippen molar-refractivity contribution in [3.8, 4) is 11.8 Å². The highest BCUT2D eigenvalue weighted by Crippen LogP contribution is 2.24. The summed E-state index contributed by atoms with van der Waals surface area (Å²) < 4.78 is 37.7. The van der Waals surface area contributed by atoms with E-state index in [0.717, 1.165) is 0 Å². The first-order chi connectivity index (χ1) is 5.16. The molecule has 62 valence electrons. The predicted molar refractivity (Wildman–Crippen MR) is 36.2 cm³/mol. The van der Waals surface area contributed by atoms with E-state index in [1.54, 1.807) is 6.92 Å². The summed E-state index contributed by atoms with van der Waals surface area (Å²) in [6.45, 7) is 1.71. The fraction of sp³-hybridized carbons (Fsp3) is 0.750. The molecule has 0 aliphatic heterocycles. The van der Waals surface area contributed by atoms with E-state index < -0.39 is 24.4 Å². The summed E-state index contributed by atoms with van der Waals surface area (Å²) >= 11 is 0. The standard InChI is InChI=1S/C8H9F3/c1-2-5-3-4-6(9)8(11)7(5)10/h5-8H,2H2,1H3/t5-,6?,7?,8?/m0/s1. The van der Waals surface area contributed by atoms with Gasteiger partial charge in [-0.1, -0.05) is 18.8 Å². The lowest BCUT2D eigenvalue weighted by molar-refractivity contribution is 0.0770. The number of hydrogen-bond donors (Lipinski definition) is 0. The van der Waals surface area contributed by atoms with Gasteiger partial charge in [0.05, 0.1) is 5.92 Å². The lowest BCUT2D eigenvalue weighted by Gasteiger charge is -2.22. The van der Waals surface area contributed by atoms with Crippen molar-refractivity contribution in [2.45, 2.75) is 31.9 Å². The van der Waals surface area contributed by atoms with Crippen LogP contribution < -0.4 is 0 Å². The zero-order chi connectivity index (χ0) is 8.43. The van der Waals surface area contributed by atoms with Crippen molar-refractivity contribution in [2.75, 3.05) is 0 Å². The van der Waals surface area contributed by atoms with Crippen LogP contribution in [0.25, 0.3) is 0 Å². The van der Waals surface area contributed by atoms with Crippen molar-refractivity contribution in [1.82, 2.24) is 0 Å². The topological polar surface area (TPSA) is 0 Å². The fourth-order valence-electron chi connectivity index (χ4n) is 1.06. The zero-order valence-electron chi connectivity index (χ0n) is 6.15. The van der Waals surface area contributed by atoms with Crippen molar-refractivity contribution in [3.63, 3.8) is 0 Å². The van der Waals surface area contributed by atoms with Gasteiger partial charge in [-0.2, -0.15) is 0 Å². The third-order valence-electron chi connectivity index (χ3n) is 1.81. The number of rotatable bonds is 1. The Kier molecular flexibility index (Phi) is 2.43. The Morgan fingerprint density at radius 1 is 1.09 bits per heavy atom. The van der Waals surface area contributed by atoms with E-state index >= 15 is 0 Å². The molecule has 3 unspecified atom stereocenters. The summed E-state index contributed by atoms with van der Waals surface area (Å²) in [5.74, 6) is 3.76. The van der Waals surface area contributed by atoms with Crippen LogP contribution in [0, 0.1) is 17.8 Å². The highest BCUT2D eigenvalue weighted by molar-refractivity contribution is 5.18. The first kappa shape index (κ1) is 8.45. The number of alkyl halides is 3. The van der Waals surface area contributed by atoms with E-state index in [0.29, 0.717) is 6.42 Å². The molecule has 11 heavy (non-hydrogen) atoms. The summed E-state index contributed by atoms with van der Waals surface area (Å²) in [4.78, 5) is 0.